The highest BCUT2D eigenvalue weighted by Crippen LogP contribution is 2.28. The van der Waals surface area contributed by atoms with Crippen LogP contribution in [0.3, 0.4) is 0 Å². The number of carbonyl (C=O) groups excluding carboxylic acids is 1. The Morgan fingerprint density at radius 2 is 1.89 bits per heavy atom. The summed E-state index contributed by atoms with van der Waals surface area (Å²) in [6.45, 7) is 1.10. The molecule has 7 nitrogen and oxygen atoms in total. The molecule has 1 amide bonds. The van der Waals surface area contributed by atoms with Crippen LogP contribution in [0.2, 0.25) is 0 Å². The maximum absolute atomic E-state index is 12.7. The lowest BCUT2D eigenvalue weighted by molar-refractivity contribution is 0.0694. The van der Waals surface area contributed by atoms with E-state index in [4.69, 9.17) is 14.4 Å². The van der Waals surface area contributed by atoms with Crippen LogP contribution < -0.4 is 10.5 Å². The number of piperidine rings is 1. The van der Waals surface area contributed by atoms with Crippen molar-refractivity contribution in [2.24, 2.45) is 0 Å². The summed E-state index contributed by atoms with van der Waals surface area (Å²) in [6, 6.07) is 13.9. The number of methoxy groups -OCH3 is 1. The Labute approximate surface area is 161 Å². The number of nitriles is 1. The van der Waals surface area contributed by atoms with Gasteiger partial charge in [0.15, 0.2) is 5.58 Å². The van der Waals surface area contributed by atoms with Gasteiger partial charge in [0.05, 0.1) is 24.3 Å². The van der Waals surface area contributed by atoms with Gasteiger partial charge in [0, 0.05) is 30.8 Å². The second-order valence-electron chi connectivity index (χ2n) is 6.78. The van der Waals surface area contributed by atoms with E-state index in [1.165, 1.54) is 0 Å². The summed E-state index contributed by atoms with van der Waals surface area (Å²) in [5.41, 5.74) is 2.33. The Kier molecular flexibility index (Phi) is 4.62. The lowest BCUT2D eigenvalue weighted by Crippen LogP contribution is -2.40. The zero-order chi connectivity index (χ0) is 19.7. The van der Waals surface area contributed by atoms with E-state index < -0.39 is 0 Å². The molecule has 2 aromatic carbocycles. The fourth-order valence-corrected chi connectivity index (χ4v) is 3.68. The number of ether oxygens (including phenoxy) is 1. The number of hydrogen-bond acceptors (Lipinski definition) is 5. The molecule has 0 unspecified atom stereocenters. The van der Waals surface area contributed by atoms with Gasteiger partial charge in [0.1, 0.15) is 5.75 Å². The smallest absolute Gasteiger partial charge is 0.420 e. The van der Waals surface area contributed by atoms with Crippen molar-refractivity contribution < 1.29 is 13.9 Å². The van der Waals surface area contributed by atoms with E-state index in [0.29, 0.717) is 53.9 Å². The molecule has 7 heteroatoms. The molecule has 0 atom stereocenters. The molecule has 0 bridgehead atoms. The highest BCUT2D eigenvalue weighted by molar-refractivity contribution is 5.94. The maximum atomic E-state index is 12.7. The maximum Gasteiger partial charge on any atom is 0.420 e. The topological polar surface area (TPSA) is 88.5 Å². The van der Waals surface area contributed by atoms with E-state index in [1.807, 2.05) is 6.07 Å². The van der Waals surface area contributed by atoms with Gasteiger partial charge in [-0.05, 0) is 49.2 Å². The minimum absolute atomic E-state index is 0.0362. The molecule has 2 heterocycles. The third-order valence-corrected chi connectivity index (χ3v) is 5.20. The lowest BCUT2D eigenvalue weighted by Gasteiger charge is -2.32. The van der Waals surface area contributed by atoms with E-state index >= 15 is 0 Å². The fourth-order valence-electron chi connectivity index (χ4n) is 3.68. The van der Waals surface area contributed by atoms with Gasteiger partial charge in [-0.15, -0.1) is 0 Å². The molecule has 1 aliphatic heterocycles. The fraction of sp³-hybridized carbons (Fsp3) is 0.286. The molecule has 0 saturated carbocycles. The van der Waals surface area contributed by atoms with Gasteiger partial charge in [-0.1, -0.05) is 0 Å². The van der Waals surface area contributed by atoms with Crippen LogP contribution in [-0.2, 0) is 0 Å². The third-order valence-electron chi connectivity index (χ3n) is 5.20. The van der Waals surface area contributed by atoms with E-state index in [2.05, 4.69) is 0 Å². The van der Waals surface area contributed by atoms with Crippen LogP contribution in [0.1, 0.15) is 34.8 Å². The summed E-state index contributed by atoms with van der Waals surface area (Å²) in [6.07, 6.45) is 1.32. The number of rotatable bonds is 3. The molecule has 1 aromatic heterocycles. The van der Waals surface area contributed by atoms with Crippen LogP contribution in [0.5, 0.6) is 5.75 Å². The van der Waals surface area contributed by atoms with Crippen molar-refractivity contribution in [2.75, 3.05) is 20.2 Å². The minimum Gasteiger partial charge on any atom is -0.497 e. The van der Waals surface area contributed by atoms with Crippen molar-refractivity contribution in [3.63, 3.8) is 0 Å². The van der Waals surface area contributed by atoms with Crippen molar-refractivity contribution >= 4 is 17.0 Å². The summed E-state index contributed by atoms with van der Waals surface area (Å²) in [5, 5.41) is 8.88. The third kappa shape index (κ3) is 3.14. The predicted octanol–water partition coefficient (Wildman–Crippen LogP) is 2.95. The molecule has 0 spiro atoms. The number of oxazole rings is 1. The van der Waals surface area contributed by atoms with Crippen molar-refractivity contribution in [1.82, 2.24) is 9.47 Å². The number of fused-ring (bicyclic) bond motifs is 1. The Morgan fingerprint density at radius 1 is 1.18 bits per heavy atom. The number of benzene rings is 2. The first-order valence-electron chi connectivity index (χ1n) is 9.09. The van der Waals surface area contributed by atoms with Crippen LogP contribution in [0.4, 0.5) is 0 Å². The zero-order valence-electron chi connectivity index (χ0n) is 15.4. The quantitative estimate of drug-likeness (QED) is 0.700. The molecule has 1 fully saturated rings. The van der Waals surface area contributed by atoms with Crippen LogP contribution >= 0.6 is 0 Å². The summed E-state index contributed by atoms with van der Waals surface area (Å²) in [5.74, 6) is 0.213. The van der Waals surface area contributed by atoms with Crippen LogP contribution in [-0.4, -0.2) is 35.6 Å². The van der Waals surface area contributed by atoms with Crippen molar-refractivity contribution in [1.29, 1.82) is 5.26 Å². The molecule has 0 N–H and O–H groups in total. The molecule has 4 rings (SSSR count). The average Bonchev–Trinajstić information content (AvgIpc) is 3.08. The lowest BCUT2D eigenvalue weighted by atomic mass is 10.0. The molecule has 3 aromatic rings. The Bertz CT molecular complexity index is 1110. The van der Waals surface area contributed by atoms with Crippen LogP contribution in [0.25, 0.3) is 11.1 Å². The largest absolute Gasteiger partial charge is 0.497 e. The van der Waals surface area contributed by atoms with Gasteiger partial charge in [0.25, 0.3) is 5.91 Å². The highest BCUT2D eigenvalue weighted by atomic mass is 16.5. The molecule has 0 radical (unpaired) electrons. The van der Waals surface area contributed by atoms with E-state index in [1.54, 1.807) is 59.0 Å². The SMILES string of the molecule is COc1ccc2oc(=O)n(C3CCN(C(=O)c4ccc(C#N)cc4)CC3)c2c1. The molecule has 28 heavy (non-hydrogen) atoms. The van der Waals surface area contributed by atoms with Gasteiger partial charge in [-0.2, -0.15) is 5.26 Å². The molecule has 0 aliphatic carbocycles. The molecule has 142 valence electrons. The molecule has 1 saturated heterocycles. The van der Waals surface area contributed by atoms with Gasteiger partial charge in [0.2, 0.25) is 0 Å². The van der Waals surface area contributed by atoms with Gasteiger partial charge < -0.3 is 14.1 Å². The van der Waals surface area contributed by atoms with Gasteiger partial charge in [-0.3, -0.25) is 9.36 Å². The summed E-state index contributed by atoms with van der Waals surface area (Å²) >= 11 is 0. The number of nitrogens with zero attached hydrogens (tertiary/aromatic N) is 3. The molecule has 1 aliphatic rings. The normalized spacial score (nSPS) is 14.8. The number of hydrogen-bond donors (Lipinski definition) is 0. The Hall–Kier alpha value is -3.53. The van der Waals surface area contributed by atoms with E-state index in [-0.39, 0.29) is 17.7 Å². The van der Waals surface area contributed by atoms with Crippen molar-refractivity contribution in [3.05, 3.63) is 64.1 Å². The number of carbonyl (C=O) groups is 1. The first-order valence-corrected chi connectivity index (χ1v) is 9.09. The van der Waals surface area contributed by atoms with Crippen molar-refractivity contribution in [3.8, 4) is 11.8 Å². The second-order valence-corrected chi connectivity index (χ2v) is 6.78. The highest BCUT2D eigenvalue weighted by Gasteiger charge is 2.27. The van der Waals surface area contributed by atoms with Crippen LogP contribution in [0, 0.1) is 11.3 Å². The summed E-state index contributed by atoms with van der Waals surface area (Å²) in [7, 11) is 1.58. The van der Waals surface area contributed by atoms with Crippen molar-refractivity contribution in [2.45, 2.75) is 18.9 Å². The van der Waals surface area contributed by atoms with E-state index in [9.17, 15) is 9.59 Å². The van der Waals surface area contributed by atoms with Gasteiger partial charge in [-0.25, -0.2) is 4.79 Å². The summed E-state index contributed by atoms with van der Waals surface area (Å²) < 4.78 is 12.3. The van der Waals surface area contributed by atoms with Gasteiger partial charge >= 0.3 is 5.76 Å². The predicted molar refractivity (Wildman–Crippen MR) is 102 cm³/mol. The first-order chi connectivity index (χ1) is 13.6. The van der Waals surface area contributed by atoms with Crippen LogP contribution in [0.15, 0.2) is 51.7 Å². The molecular formula is C21H19N3O4. The number of aromatic nitrogens is 1. The number of amides is 1. The Balaban J connectivity index is 1.52. The first kappa shape index (κ1) is 17.9. The Morgan fingerprint density at radius 3 is 2.54 bits per heavy atom. The van der Waals surface area contributed by atoms with E-state index in [0.717, 1.165) is 0 Å². The monoisotopic (exact) mass is 377 g/mol. The average molecular weight is 377 g/mol. The number of likely N-dealkylation sites (tertiary alicyclic amines) is 1. The zero-order valence-corrected chi connectivity index (χ0v) is 15.4. The summed E-state index contributed by atoms with van der Waals surface area (Å²) in [4.78, 5) is 26.9. The minimum atomic E-state index is -0.389. The second kappa shape index (κ2) is 7.24. The standard InChI is InChI=1S/C21H19N3O4/c1-27-17-6-7-19-18(12-17)24(21(26)28-19)16-8-10-23(11-9-16)20(25)15-4-2-14(13-22)3-5-15/h2-7,12,16H,8-11H2,1H3. The molecular weight excluding hydrogens is 358 g/mol.